The van der Waals surface area contributed by atoms with Gasteiger partial charge in [-0.15, -0.1) is 0 Å². The lowest BCUT2D eigenvalue weighted by atomic mass is 10.0. The first-order valence-electron chi connectivity index (χ1n) is 5.29. The zero-order chi connectivity index (χ0) is 12.3. The number of rotatable bonds is 4. The monoisotopic (exact) mass is 311 g/mol. The molecule has 0 saturated carbocycles. The Morgan fingerprint density at radius 3 is 2.76 bits per heavy atom. The Morgan fingerprint density at radius 1 is 1.35 bits per heavy atom. The fourth-order valence-corrected chi connectivity index (χ4v) is 2.94. The summed E-state index contributed by atoms with van der Waals surface area (Å²) < 4.78 is 6.48. The molecule has 0 aliphatic rings. The van der Waals surface area contributed by atoms with Gasteiger partial charge in [-0.25, -0.2) is 0 Å². The molecular weight excluding hydrogens is 298 g/mol. The zero-order valence-corrected chi connectivity index (χ0v) is 12.1. The number of benzene rings is 1. The Hall–Kier alpha value is -0.840. The van der Waals surface area contributed by atoms with Crippen molar-refractivity contribution in [3.8, 4) is 5.75 Å². The van der Waals surface area contributed by atoms with E-state index in [1.165, 1.54) is 5.56 Å². The number of ether oxygens (including phenoxy) is 1. The average molecular weight is 312 g/mol. The maximum absolute atomic E-state index is 5.42. The minimum absolute atomic E-state index is 0.161. The first-order valence-corrected chi connectivity index (χ1v) is 7.02. The van der Waals surface area contributed by atoms with Crippen LogP contribution < -0.4 is 10.1 Å². The van der Waals surface area contributed by atoms with Gasteiger partial charge in [-0.05, 0) is 47.6 Å². The van der Waals surface area contributed by atoms with Crippen molar-refractivity contribution >= 4 is 27.3 Å². The first-order chi connectivity index (χ1) is 8.26. The molecule has 1 heterocycles. The van der Waals surface area contributed by atoms with Gasteiger partial charge >= 0.3 is 0 Å². The van der Waals surface area contributed by atoms with Gasteiger partial charge in [0.25, 0.3) is 0 Å². The lowest BCUT2D eigenvalue weighted by Gasteiger charge is -2.18. The molecule has 17 heavy (non-hydrogen) atoms. The third-order valence-electron chi connectivity index (χ3n) is 2.67. The third kappa shape index (κ3) is 2.70. The zero-order valence-electron chi connectivity index (χ0n) is 9.74. The van der Waals surface area contributed by atoms with Gasteiger partial charge in [-0.1, -0.05) is 15.9 Å². The molecule has 0 spiro atoms. The van der Waals surface area contributed by atoms with Crippen LogP contribution in [0.2, 0.25) is 0 Å². The number of hydrogen-bond acceptors (Lipinski definition) is 3. The number of hydrogen-bond donors (Lipinski definition) is 1. The standard InChI is InChI=1S/C13H14BrNOS/c1-15-13(9-5-6-17-8-9)11-7-10(14)3-4-12(11)16-2/h3-8,13,15H,1-2H3. The van der Waals surface area contributed by atoms with Gasteiger partial charge in [0.05, 0.1) is 13.2 Å². The van der Waals surface area contributed by atoms with Crippen LogP contribution in [0.5, 0.6) is 5.75 Å². The molecule has 0 aliphatic heterocycles. The first kappa shape index (κ1) is 12.6. The summed E-state index contributed by atoms with van der Waals surface area (Å²) in [5.74, 6) is 0.902. The normalized spacial score (nSPS) is 12.4. The largest absolute Gasteiger partial charge is 0.496 e. The van der Waals surface area contributed by atoms with E-state index >= 15 is 0 Å². The topological polar surface area (TPSA) is 21.3 Å². The Kier molecular flexibility index (Phi) is 4.20. The van der Waals surface area contributed by atoms with Crippen LogP contribution in [0.15, 0.2) is 39.5 Å². The van der Waals surface area contributed by atoms with E-state index in [2.05, 4.69) is 44.1 Å². The minimum atomic E-state index is 0.161. The minimum Gasteiger partial charge on any atom is -0.496 e. The Balaban J connectivity index is 2.46. The van der Waals surface area contributed by atoms with Crippen molar-refractivity contribution in [3.63, 3.8) is 0 Å². The summed E-state index contributed by atoms with van der Waals surface area (Å²) in [5.41, 5.74) is 2.40. The van der Waals surface area contributed by atoms with Crippen LogP contribution in [0.4, 0.5) is 0 Å². The number of methoxy groups -OCH3 is 1. The van der Waals surface area contributed by atoms with Gasteiger partial charge < -0.3 is 10.1 Å². The van der Waals surface area contributed by atoms with E-state index in [1.807, 2.05) is 19.2 Å². The summed E-state index contributed by atoms with van der Waals surface area (Å²) >= 11 is 5.21. The fourth-order valence-electron chi connectivity index (χ4n) is 1.87. The molecule has 1 atom stereocenters. The van der Waals surface area contributed by atoms with Gasteiger partial charge in [-0.3, -0.25) is 0 Å². The maximum Gasteiger partial charge on any atom is 0.124 e. The van der Waals surface area contributed by atoms with Crippen molar-refractivity contribution in [1.29, 1.82) is 0 Å². The Bertz CT molecular complexity index is 484. The van der Waals surface area contributed by atoms with Crippen molar-refractivity contribution in [1.82, 2.24) is 5.32 Å². The van der Waals surface area contributed by atoms with Gasteiger partial charge in [0.1, 0.15) is 5.75 Å². The molecule has 0 radical (unpaired) electrons. The number of nitrogens with one attached hydrogen (secondary N) is 1. The molecule has 0 saturated heterocycles. The van der Waals surface area contributed by atoms with E-state index < -0.39 is 0 Å². The van der Waals surface area contributed by atoms with Crippen LogP contribution in [-0.2, 0) is 0 Å². The van der Waals surface area contributed by atoms with Crippen molar-refractivity contribution in [3.05, 3.63) is 50.6 Å². The molecule has 1 N–H and O–H groups in total. The second kappa shape index (κ2) is 5.67. The van der Waals surface area contributed by atoms with Gasteiger partial charge in [0.15, 0.2) is 0 Å². The molecule has 2 rings (SSSR count). The molecule has 90 valence electrons. The van der Waals surface area contributed by atoms with Crippen LogP contribution in [-0.4, -0.2) is 14.2 Å². The lowest BCUT2D eigenvalue weighted by molar-refractivity contribution is 0.405. The van der Waals surface area contributed by atoms with E-state index in [0.29, 0.717) is 0 Å². The van der Waals surface area contributed by atoms with E-state index in [-0.39, 0.29) is 6.04 Å². The van der Waals surface area contributed by atoms with E-state index in [4.69, 9.17) is 4.74 Å². The second-order valence-corrected chi connectivity index (χ2v) is 5.36. The predicted molar refractivity (Wildman–Crippen MR) is 75.9 cm³/mol. The van der Waals surface area contributed by atoms with Gasteiger partial charge in [0.2, 0.25) is 0 Å². The molecule has 1 aromatic carbocycles. The highest BCUT2D eigenvalue weighted by molar-refractivity contribution is 9.10. The molecule has 1 unspecified atom stereocenters. The summed E-state index contributed by atoms with van der Waals surface area (Å²) in [6.45, 7) is 0. The molecule has 2 aromatic rings. The van der Waals surface area contributed by atoms with Gasteiger partial charge in [-0.2, -0.15) is 11.3 Å². The van der Waals surface area contributed by atoms with E-state index in [9.17, 15) is 0 Å². The van der Waals surface area contributed by atoms with Crippen LogP contribution >= 0.6 is 27.3 Å². The Morgan fingerprint density at radius 2 is 2.18 bits per heavy atom. The molecule has 0 aliphatic carbocycles. The smallest absolute Gasteiger partial charge is 0.124 e. The van der Waals surface area contributed by atoms with Crippen LogP contribution in [0.1, 0.15) is 17.2 Å². The second-order valence-electron chi connectivity index (χ2n) is 3.66. The summed E-state index contributed by atoms with van der Waals surface area (Å²) in [5, 5.41) is 7.57. The molecule has 4 heteroatoms. The van der Waals surface area contributed by atoms with Crippen LogP contribution in [0.3, 0.4) is 0 Å². The third-order valence-corrected chi connectivity index (χ3v) is 3.86. The summed E-state index contributed by atoms with van der Waals surface area (Å²) in [6.07, 6.45) is 0. The van der Waals surface area contributed by atoms with Crippen LogP contribution in [0.25, 0.3) is 0 Å². The molecule has 0 bridgehead atoms. The van der Waals surface area contributed by atoms with Crippen molar-refractivity contribution in [2.45, 2.75) is 6.04 Å². The highest BCUT2D eigenvalue weighted by Crippen LogP contribution is 2.32. The molecule has 2 nitrogen and oxygen atoms in total. The highest BCUT2D eigenvalue weighted by atomic mass is 79.9. The van der Waals surface area contributed by atoms with E-state index in [0.717, 1.165) is 15.8 Å². The number of thiophene rings is 1. The fraction of sp³-hybridized carbons (Fsp3) is 0.231. The molecule has 1 aromatic heterocycles. The average Bonchev–Trinajstić information content (AvgIpc) is 2.84. The van der Waals surface area contributed by atoms with Crippen molar-refractivity contribution in [2.75, 3.05) is 14.2 Å². The maximum atomic E-state index is 5.42. The molecule has 0 fully saturated rings. The van der Waals surface area contributed by atoms with Crippen molar-refractivity contribution < 1.29 is 4.74 Å². The summed E-state index contributed by atoms with van der Waals surface area (Å²) in [4.78, 5) is 0. The predicted octanol–water partition coefficient (Wildman–Crippen LogP) is 3.83. The SMILES string of the molecule is CNC(c1ccsc1)c1cc(Br)ccc1OC. The summed E-state index contributed by atoms with van der Waals surface area (Å²) in [7, 11) is 3.66. The highest BCUT2D eigenvalue weighted by Gasteiger charge is 2.17. The quantitative estimate of drug-likeness (QED) is 0.926. The van der Waals surface area contributed by atoms with Gasteiger partial charge in [0, 0.05) is 10.0 Å². The number of halogens is 1. The molecular formula is C13H14BrNOS. The summed E-state index contributed by atoms with van der Waals surface area (Å²) in [6, 6.07) is 8.36. The van der Waals surface area contributed by atoms with E-state index in [1.54, 1.807) is 18.4 Å². The lowest BCUT2D eigenvalue weighted by Crippen LogP contribution is -2.17. The van der Waals surface area contributed by atoms with Crippen LogP contribution in [0, 0.1) is 0 Å². The Labute approximate surface area is 114 Å². The van der Waals surface area contributed by atoms with Crippen molar-refractivity contribution in [2.24, 2.45) is 0 Å². The molecule has 0 amide bonds.